The van der Waals surface area contributed by atoms with E-state index in [9.17, 15) is 0 Å². The minimum atomic E-state index is -0.00689. The Labute approximate surface area is 203 Å². The molecular formula is C30H23BN3O+. The molecule has 0 amide bonds. The lowest BCUT2D eigenvalue weighted by molar-refractivity contribution is -0.523. The van der Waals surface area contributed by atoms with E-state index >= 15 is 0 Å². The van der Waals surface area contributed by atoms with Gasteiger partial charge >= 0.3 is 6.98 Å². The third-order valence-corrected chi connectivity index (χ3v) is 7.79. The van der Waals surface area contributed by atoms with Gasteiger partial charge in [0.25, 0.3) is 5.82 Å². The Morgan fingerprint density at radius 2 is 1.63 bits per heavy atom. The molecule has 4 aromatic carbocycles. The van der Waals surface area contributed by atoms with Crippen LogP contribution in [0, 0.1) is 13.8 Å². The van der Waals surface area contributed by atoms with Crippen molar-refractivity contribution in [3.63, 3.8) is 0 Å². The van der Waals surface area contributed by atoms with E-state index < -0.39 is 0 Å². The molecule has 5 heteroatoms. The summed E-state index contributed by atoms with van der Waals surface area (Å²) in [6.07, 6.45) is 4.49. The lowest BCUT2D eigenvalue weighted by Gasteiger charge is -2.35. The molecule has 0 bridgehead atoms. The normalized spacial score (nSPS) is 13.8. The Bertz CT molecular complexity index is 1790. The maximum absolute atomic E-state index is 6.45. The predicted octanol–water partition coefficient (Wildman–Crippen LogP) is 5.72. The maximum atomic E-state index is 6.45. The SMILES string of the molecule is Cc1cccc(C)c1B1N(c2ccccc2)c2c3c(cc4oc5ccccc5c24)Cn2cc[n+]1c2-3. The summed E-state index contributed by atoms with van der Waals surface area (Å²) in [5.74, 6) is 1.28. The molecule has 0 saturated heterocycles. The quantitative estimate of drug-likeness (QED) is 0.314. The van der Waals surface area contributed by atoms with Crippen molar-refractivity contribution in [1.82, 2.24) is 4.57 Å². The number of imidazole rings is 1. The number of rotatable bonds is 2. The van der Waals surface area contributed by atoms with E-state index in [0.29, 0.717) is 0 Å². The smallest absolute Gasteiger partial charge is 0.456 e. The van der Waals surface area contributed by atoms with E-state index in [4.69, 9.17) is 4.42 Å². The fourth-order valence-electron chi connectivity index (χ4n) is 6.36. The number of anilines is 2. The van der Waals surface area contributed by atoms with Gasteiger partial charge in [-0.25, -0.2) is 4.57 Å². The van der Waals surface area contributed by atoms with Crippen molar-refractivity contribution in [2.24, 2.45) is 0 Å². The summed E-state index contributed by atoms with van der Waals surface area (Å²) in [6, 6.07) is 28.1. The van der Waals surface area contributed by atoms with Gasteiger partial charge in [-0.3, -0.25) is 4.48 Å². The molecule has 0 aliphatic carbocycles. The van der Waals surface area contributed by atoms with Crippen LogP contribution in [0.3, 0.4) is 0 Å². The summed E-state index contributed by atoms with van der Waals surface area (Å²) in [5, 5.41) is 2.36. The minimum absolute atomic E-state index is 0.00689. The van der Waals surface area contributed by atoms with Crippen molar-refractivity contribution in [3.8, 4) is 11.4 Å². The van der Waals surface area contributed by atoms with Gasteiger partial charge < -0.3 is 9.23 Å². The molecule has 2 aliphatic heterocycles. The zero-order valence-corrected chi connectivity index (χ0v) is 19.7. The highest BCUT2D eigenvalue weighted by atomic mass is 16.3. The minimum Gasteiger partial charge on any atom is -0.456 e. The summed E-state index contributed by atoms with van der Waals surface area (Å²) >= 11 is 0. The summed E-state index contributed by atoms with van der Waals surface area (Å²) in [5.41, 5.74) is 10.9. The summed E-state index contributed by atoms with van der Waals surface area (Å²) in [6.45, 7) is 5.32. The highest BCUT2D eigenvalue weighted by molar-refractivity contribution is 6.72. The van der Waals surface area contributed by atoms with Gasteiger partial charge in [-0.05, 0) is 49.2 Å². The predicted molar refractivity (Wildman–Crippen MR) is 142 cm³/mol. The number of nitrogens with zero attached hydrogens (tertiary/aromatic N) is 3. The first kappa shape index (κ1) is 19.1. The van der Waals surface area contributed by atoms with Crippen molar-refractivity contribution < 1.29 is 8.90 Å². The first-order valence-electron chi connectivity index (χ1n) is 12.2. The second-order valence-electron chi connectivity index (χ2n) is 9.77. The Hall–Kier alpha value is -4.25. The standard InChI is InChI=1S/C30H23BN3O/c1-19-9-8-10-20(2)28(19)31-33-16-15-32-18-21-17-25-27(23-13-6-7-14-24(23)35-25)29(26(21)30(32)33)34(31)22-11-4-3-5-12-22/h3-17H,18H2,1-2H3/q+1. The molecule has 0 spiro atoms. The molecule has 35 heavy (non-hydrogen) atoms. The lowest BCUT2D eigenvalue weighted by Crippen LogP contribution is -2.70. The Kier molecular flexibility index (Phi) is 3.64. The number of hydrogen-bond donors (Lipinski definition) is 0. The molecule has 0 N–H and O–H groups in total. The van der Waals surface area contributed by atoms with Crippen LogP contribution in [-0.2, 0) is 6.54 Å². The lowest BCUT2D eigenvalue weighted by atomic mass is 9.59. The Morgan fingerprint density at radius 1 is 0.857 bits per heavy atom. The van der Waals surface area contributed by atoms with Gasteiger partial charge in [-0.15, -0.1) is 0 Å². The number of benzene rings is 4. The fourth-order valence-corrected chi connectivity index (χ4v) is 6.36. The van der Waals surface area contributed by atoms with Gasteiger partial charge in [0, 0.05) is 22.1 Å². The van der Waals surface area contributed by atoms with E-state index in [-0.39, 0.29) is 6.98 Å². The van der Waals surface area contributed by atoms with Crippen LogP contribution in [-0.4, -0.2) is 11.5 Å². The molecule has 0 atom stereocenters. The van der Waals surface area contributed by atoms with Crippen molar-refractivity contribution in [3.05, 3.63) is 108 Å². The van der Waals surface area contributed by atoms with E-state index in [1.807, 2.05) is 0 Å². The van der Waals surface area contributed by atoms with Crippen LogP contribution in [0.4, 0.5) is 11.4 Å². The number of fused-ring (bicyclic) bond motifs is 4. The molecule has 0 fully saturated rings. The van der Waals surface area contributed by atoms with E-state index in [0.717, 1.165) is 17.7 Å². The maximum Gasteiger partial charge on any atom is 0.542 e. The van der Waals surface area contributed by atoms with Crippen molar-refractivity contribution >= 4 is 45.8 Å². The van der Waals surface area contributed by atoms with Gasteiger partial charge in [0.2, 0.25) is 0 Å². The van der Waals surface area contributed by atoms with E-state index in [1.165, 1.54) is 55.7 Å². The molecule has 0 unspecified atom stereocenters. The van der Waals surface area contributed by atoms with Crippen molar-refractivity contribution in [2.45, 2.75) is 20.4 Å². The van der Waals surface area contributed by atoms with Gasteiger partial charge in [0.1, 0.15) is 30.1 Å². The van der Waals surface area contributed by atoms with Crippen LogP contribution in [0.2, 0.25) is 0 Å². The monoisotopic (exact) mass is 452 g/mol. The van der Waals surface area contributed by atoms with Gasteiger partial charge in [0.15, 0.2) is 0 Å². The molecule has 166 valence electrons. The number of para-hydroxylation sites is 2. The molecule has 6 aromatic rings. The Balaban J connectivity index is 1.59. The average molecular weight is 452 g/mol. The molecule has 4 heterocycles. The van der Waals surface area contributed by atoms with Crippen LogP contribution in [0.25, 0.3) is 33.3 Å². The zero-order chi connectivity index (χ0) is 23.3. The van der Waals surface area contributed by atoms with Crippen LogP contribution in [0.15, 0.2) is 95.7 Å². The molecule has 2 aromatic heterocycles. The highest BCUT2D eigenvalue weighted by Gasteiger charge is 2.50. The van der Waals surface area contributed by atoms with Crippen molar-refractivity contribution in [1.29, 1.82) is 0 Å². The summed E-state index contributed by atoms with van der Waals surface area (Å²) < 4.78 is 11.3. The Morgan fingerprint density at radius 3 is 2.46 bits per heavy atom. The summed E-state index contributed by atoms with van der Waals surface area (Å²) in [4.78, 5) is 2.54. The van der Waals surface area contributed by atoms with Crippen LogP contribution < -0.4 is 14.8 Å². The third kappa shape index (κ3) is 2.40. The third-order valence-electron chi connectivity index (χ3n) is 7.79. The second kappa shape index (κ2) is 6.67. The van der Waals surface area contributed by atoms with Crippen LogP contribution in [0.1, 0.15) is 16.7 Å². The van der Waals surface area contributed by atoms with Gasteiger partial charge in [-0.2, -0.15) is 0 Å². The number of furan rings is 1. The summed E-state index contributed by atoms with van der Waals surface area (Å²) in [7, 11) is 0. The van der Waals surface area contributed by atoms with E-state index in [1.54, 1.807) is 0 Å². The molecule has 8 rings (SSSR count). The molecule has 4 nitrogen and oxygen atoms in total. The number of aryl methyl sites for hydroxylation is 2. The molecule has 0 saturated carbocycles. The zero-order valence-electron chi connectivity index (χ0n) is 19.7. The molecule has 2 aliphatic rings. The second-order valence-corrected chi connectivity index (χ2v) is 9.77. The van der Waals surface area contributed by atoms with E-state index in [2.05, 4.69) is 119 Å². The largest absolute Gasteiger partial charge is 0.542 e. The van der Waals surface area contributed by atoms with Gasteiger partial charge in [0.05, 0.1) is 16.6 Å². The topological polar surface area (TPSA) is 25.2 Å². The van der Waals surface area contributed by atoms with Gasteiger partial charge in [-0.1, -0.05) is 54.6 Å². The number of aromatic nitrogens is 2. The highest BCUT2D eigenvalue weighted by Crippen LogP contribution is 2.50. The molecule has 0 radical (unpaired) electrons. The van der Waals surface area contributed by atoms with Crippen molar-refractivity contribution in [2.75, 3.05) is 4.81 Å². The molecular weight excluding hydrogens is 429 g/mol. The fraction of sp³-hybridized carbons (Fsp3) is 0.100. The van der Waals surface area contributed by atoms with Crippen LogP contribution >= 0.6 is 0 Å². The van der Waals surface area contributed by atoms with Crippen LogP contribution in [0.5, 0.6) is 0 Å². The average Bonchev–Trinajstić information content (AvgIpc) is 3.55. The first-order chi connectivity index (χ1) is 17.2. The first-order valence-corrected chi connectivity index (χ1v) is 12.2. The number of hydrogen-bond acceptors (Lipinski definition) is 2.